The molecule has 4 aromatic rings. The molecule has 0 spiro atoms. The first-order valence-electron chi connectivity index (χ1n) is 8.67. The molecule has 0 saturated carbocycles. The van der Waals surface area contributed by atoms with E-state index in [4.69, 9.17) is 4.74 Å². The molecule has 0 aliphatic carbocycles. The monoisotopic (exact) mass is 371 g/mol. The second-order valence-electron chi connectivity index (χ2n) is 6.13. The molecule has 0 radical (unpaired) electrons. The number of rotatable bonds is 5. The van der Waals surface area contributed by atoms with Crippen LogP contribution in [-0.4, -0.2) is 25.9 Å². The average Bonchev–Trinajstić information content (AvgIpc) is 3.25. The third-order valence-electron chi connectivity index (χ3n) is 3.98. The van der Waals surface area contributed by atoms with Gasteiger partial charge in [0.05, 0.1) is 0 Å². The highest BCUT2D eigenvalue weighted by atomic mass is 16.5. The van der Waals surface area contributed by atoms with Gasteiger partial charge in [0.25, 0.3) is 5.91 Å². The van der Waals surface area contributed by atoms with E-state index in [9.17, 15) is 4.79 Å². The Morgan fingerprint density at radius 1 is 1.00 bits per heavy atom. The Morgan fingerprint density at radius 3 is 2.54 bits per heavy atom. The molecule has 0 unspecified atom stereocenters. The lowest BCUT2D eigenvalue weighted by atomic mass is 10.1. The van der Waals surface area contributed by atoms with Gasteiger partial charge in [-0.25, -0.2) is 4.68 Å². The number of aryl methyl sites for hydroxylation is 1. The summed E-state index contributed by atoms with van der Waals surface area (Å²) in [7, 11) is 0. The largest absolute Gasteiger partial charge is 0.438 e. The summed E-state index contributed by atoms with van der Waals surface area (Å²) in [6, 6.07) is 19.8. The van der Waals surface area contributed by atoms with E-state index in [1.165, 1.54) is 0 Å². The summed E-state index contributed by atoms with van der Waals surface area (Å²) in [6.07, 6.45) is 3.46. The van der Waals surface area contributed by atoms with Crippen LogP contribution in [0.5, 0.6) is 11.6 Å². The maximum atomic E-state index is 12.3. The van der Waals surface area contributed by atoms with Gasteiger partial charge in [-0.2, -0.15) is 5.10 Å². The Balaban J connectivity index is 1.40. The van der Waals surface area contributed by atoms with Crippen molar-refractivity contribution in [2.45, 2.75) is 6.92 Å². The molecule has 0 saturated heterocycles. The van der Waals surface area contributed by atoms with Gasteiger partial charge in [0.2, 0.25) is 5.88 Å². The summed E-state index contributed by atoms with van der Waals surface area (Å²) in [5.74, 6) is 1.41. The minimum atomic E-state index is -0.155. The number of nitrogens with one attached hydrogen (secondary N) is 1. The molecule has 2 heterocycles. The minimum absolute atomic E-state index is 0.155. The molecule has 2 aromatic heterocycles. The van der Waals surface area contributed by atoms with Gasteiger partial charge in [-0.1, -0.05) is 17.7 Å². The predicted molar refractivity (Wildman–Crippen MR) is 105 cm³/mol. The second-order valence-corrected chi connectivity index (χ2v) is 6.13. The van der Waals surface area contributed by atoms with E-state index in [-0.39, 0.29) is 5.91 Å². The number of carbonyl (C=O) groups is 1. The van der Waals surface area contributed by atoms with E-state index < -0.39 is 0 Å². The van der Waals surface area contributed by atoms with Crippen molar-refractivity contribution in [3.63, 3.8) is 0 Å². The number of nitrogens with zero attached hydrogens (tertiary/aromatic N) is 4. The molecule has 138 valence electrons. The molecule has 0 aliphatic heterocycles. The van der Waals surface area contributed by atoms with Gasteiger partial charge in [-0.3, -0.25) is 4.79 Å². The lowest BCUT2D eigenvalue weighted by Gasteiger charge is -2.08. The molecule has 2 aromatic carbocycles. The molecule has 0 aliphatic rings. The molecular formula is C21H17N5O2. The molecular weight excluding hydrogens is 354 g/mol. The van der Waals surface area contributed by atoms with E-state index in [0.717, 1.165) is 5.56 Å². The standard InChI is InChI=1S/C21H17N5O2/c1-15-4-2-5-16(14-15)21(27)23-17-6-8-18(9-7-17)28-20-11-10-19(24-25-20)26-13-3-12-22-26/h2-14H,1H3,(H,23,27). The molecule has 28 heavy (non-hydrogen) atoms. The van der Waals surface area contributed by atoms with E-state index in [1.807, 2.05) is 31.2 Å². The number of hydrogen-bond donors (Lipinski definition) is 1. The van der Waals surface area contributed by atoms with Gasteiger partial charge in [-0.05, 0) is 55.5 Å². The van der Waals surface area contributed by atoms with Crippen LogP contribution in [0.15, 0.2) is 79.1 Å². The average molecular weight is 371 g/mol. The van der Waals surface area contributed by atoms with Crippen LogP contribution < -0.4 is 10.1 Å². The summed E-state index contributed by atoms with van der Waals surface area (Å²) in [5, 5.41) is 15.1. The summed E-state index contributed by atoms with van der Waals surface area (Å²) >= 11 is 0. The maximum absolute atomic E-state index is 12.3. The summed E-state index contributed by atoms with van der Waals surface area (Å²) in [4.78, 5) is 12.3. The number of amides is 1. The van der Waals surface area contributed by atoms with Gasteiger partial charge in [0.1, 0.15) is 5.75 Å². The minimum Gasteiger partial charge on any atom is -0.438 e. The molecule has 7 nitrogen and oxygen atoms in total. The highest BCUT2D eigenvalue weighted by Crippen LogP contribution is 2.22. The molecule has 0 atom stereocenters. The number of aromatic nitrogens is 4. The number of ether oxygens (including phenoxy) is 1. The molecule has 7 heteroatoms. The van der Waals surface area contributed by atoms with Crippen LogP contribution in [-0.2, 0) is 0 Å². The van der Waals surface area contributed by atoms with Gasteiger partial charge < -0.3 is 10.1 Å². The Bertz CT molecular complexity index is 1070. The molecule has 1 amide bonds. The van der Waals surface area contributed by atoms with Crippen molar-refractivity contribution in [2.24, 2.45) is 0 Å². The fourth-order valence-electron chi connectivity index (χ4n) is 2.61. The molecule has 1 N–H and O–H groups in total. The fourth-order valence-corrected chi connectivity index (χ4v) is 2.61. The van der Waals surface area contributed by atoms with Crippen molar-refractivity contribution >= 4 is 11.6 Å². The van der Waals surface area contributed by atoms with E-state index in [2.05, 4.69) is 20.6 Å². The van der Waals surface area contributed by atoms with Crippen molar-refractivity contribution in [1.82, 2.24) is 20.0 Å². The third kappa shape index (κ3) is 4.04. The van der Waals surface area contributed by atoms with E-state index in [0.29, 0.717) is 28.7 Å². The Labute approximate surface area is 161 Å². The van der Waals surface area contributed by atoms with Gasteiger partial charge >= 0.3 is 0 Å². The van der Waals surface area contributed by atoms with E-state index in [1.54, 1.807) is 59.5 Å². The smallest absolute Gasteiger partial charge is 0.255 e. The van der Waals surface area contributed by atoms with Crippen LogP contribution in [0.2, 0.25) is 0 Å². The van der Waals surface area contributed by atoms with Crippen LogP contribution in [0.3, 0.4) is 0 Å². The predicted octanol–water partition coefficient (Wildman–Crippen LogP) is 4.02. The molecule has 0 fully saturated rings. The van der Waals surface area contributed by atoms with Crippen LogP contribution in [0.25, 0.3) is 5.82 Å². The Hall–Kier alpha value is -4.00. The topological polar surface area (TPSA) is 81.9 Å². The van der Waals surface area contributed by atoms with Crippen molar-refractivity contribution in [2.75, 3.05) is 5.32 Å². The summed E-state index contributed by atoms with van der Waals surface area (Å²) < 4.78 is 7.31. The first-order valence-corrected chi connectivity index (χ1v) is 8.67. The third-order valence-corrected chi connectivity index (χ3v) is 3.98. The van der Waals surface area contributed by atoms with Crippen molar-refractivity contribution < 1.29 is 9.53 Å². The zero-order valence-corrected chi connectivity index (χ0v) is 15.1. The number of carbonyl (C=O) groups excluding carboxylic acids is 1. The lowest BCUT2D eigenvalue weighted by Crippen LogP contribution is -2.11. The van der Waals surface area contributed by atoms with Crippen LogP contribution in [0.4, 0.5) is 5.69 Å². The molecule has 4 rings (SSSR count). The lowest BCUT2D eigenvalue weighted by molar-refractivity contribution is 0.102. The van der Waals surface area contributed by atoms with Gasteiger partial charge in [0, 0.05) is 29.7 Å². The second kappa shape index (κ2) is 7.71. The van der Waals surface area contributed by atoms with E-state index >= 15 is 0 Å². The van der Waals surface area contributed by atoms with Crippen molar-refractivity contribution in [1.29, 1.82) is 0 Å². The highest BCUT2D eigenvalue weighted by Gasteiger charge is 2.07. The van der Waals surface area contributed by atoms with Crippen molar-refractivity contribution in [3.05, 3.63) is 90.3 Å². The summed E-state index contributed by atoms with van der Waals surface area (Å²) in [6.45, 7) is 1.95. The Morgan fingerprint density at radius 2 is 1.86 bits per heavy atom. The fraction of sp³-hybridized carbons (Fsp3) is 0.0476. The first kappa shape index (κ1) is 17.4. The van der Waals surface area contributed by atoms with Crippen molar-refractivity contribution in [3.8, 4) is 17.4 Å². The van der Waals surface area contributed by atoms with Gasteiger partial charge in [-0.15, -0.1) is 10.2 Å². The summed E-state index contributed by atoms with van der Waals surface area (Å²) in [5.41, 5.74) is 2.34. The zero-order chi connectivity index (χ0) is 19.3. The number of benzene rings is 2. The SMILES string of the molecule is Cc1cccc(C(=O)Nc2ccc(Oc3ccc(-n4cccn4)nn3)cc2)c1. The quantitative estimate of drug-likeness (QED) is 0.573. The first-order chi connectivity index (χ1) is 13.7. The number of hydrogen-bond acceptors (Lipinski definition) is 5. The van der Waals surface area contributed by atoms with Crippen LogP contribution in [0, 0.1) is 6.92 Å². The van der Waals surface area contributed by atoms with Gasteiger partial charge in [0.15, 0.2) is 5.82 Å². The maximum Gasteiger partial charge on any atom is 0.255 e. The zero-order valence-electron chi connectivity index (χ0n) is 15.1. The van der Waals surface area contributed by atoms with Crippen LogP contribution in [0.1, 0.15) is 15.9 Å². The molecule has 0 bridgehead atoms. The highest BCUT2D eigenvalue weighted by molar-refractivity contribution is 6.04. The van der Waals surface area contributed by atoms with Crippen LogP contribution >= 0.6 is 0 Å². The number of anilines is 1. The normalized spacial score (nSPS) is 10.5. The Kier molecular flexibility index (Phi) is 4.79.